The van der Waals surface area contributed by atoms with Gasteiger partial charge >= 0.3 is 28.4 Å². The summed E-state index contributed by atoms with van der Waals surface area (Å²) in [5, 5.41) is 35.6. The molecule has 8 aromatic carbocycles. The van der Waals surface area contributed by atoms with Gasteiger partial charge in [0.05, 0.1) is 0 Å². The fourth-order valence-electron chi connectivity index (χ4n) is 7.60. The molecular weight excluding hydrogens is 1150 g/mol. The topological polar surface area (TPSA) is 163 Å². The molecule has 0 amide bonds. The third-order valence-electron chi connectivity index (χ3n) is 10.8. The van der Waals surface area contributed by atoms with Crippen LogP contribution in [0, 0.1) is 0 Å². The summed E-state index contributed by atoms with van der Waals surface area (Å²) in [6.45, 7) is 0. The van der Waals surface area contributed by atoms with Crippen LogP contribution in [-0.4, -0.2) is 45.2 Å². The van der Waals surface area contributed by atoms with Crippen molar-refractivity contribution in [2.75, 3.05) is 0 Å². The first-order chi connectivity index (χ1) is 32.4. The van der Waals surface area contributed by atoms with E-state index in [-0.39, 0.29) is 52.3 Å². The number of hydrogen-bond acceptors (Lipinski definition) is 8. The van der Waals surface area contributed by atoms with Crippen molar-refractivity contribution in [3.8, 4) is 22.6 Å². The average Bonchev–Trinajstić information content (AvgIpc) is 3.30. The molecule has 0 fully saturated rings. The normalized spacial score (nSPS) is 12.5. The van der Waals surface area contributed by atoms with E-state index < -0.39 is 45.3 Å². The number of hydrogen-bond donors (Lipinski definition) is 0. The van der Waals surface area contributed by atoms with Crippen molar-refractivity contribution in [1.82, 2.24) is 0 Å². The van der Waals surface area contributed by atoms with Crippen LogP contribution in [0.4, 0.5) is 26.3 Å². The fraction of sp³-hybridized carbons (Fsp3) is 0.0833. The SMILES string of the molecule is O=P(Cc1cc2cc(Br)ccc2c(-c2c([O-])c(CP(=O)(c3ccccc3)c3ccccc3)cc3cc(Br)ccc23)c1[O-])(c1ccccc1)c1ccccc1.O=S(=O)([N-]S(=O)(=O)C(F)(F)F)C(F)(F)F.[Al+3]. The Bertz CT molecular complexity index is 3230. The molecule has 0 aromatic heterocycles. The molecule has 0 aliphatic carbocycles. The second-order valence-corrected chi connectivity index (χ2v) is 26.2. The Kier molecular flexibility index (Phi) is 16.5. The van der Waals surface area contributed by atoms with E-state index >= 15 is 19.3 Å². The molecule has 0 N–H and O–H groups in total. The Hall–Kier alpha value is -4.73. The summed E-state index contributed by atoms with van der Waals surface area (Å²) in [6, 6.07) is 52.0. The average molecular weight is 1180 g/mol. The van der Waals surface area contributed by atoms with Crippen molar-refractivity contribution in [3.05, 3.63) is 194 Å². The van der Waals surface area contributed by atoms with Crippen LogP contribution in [0.5, 0.6) is 11.5 Å². The number of rotatable bonds is 11. The summed E-state index contributed by atoms with van der Waals surface area (Å²) in [4.78, 5) is 0. The minimum Gasteiger partial charge on any atom is -0.872 e. The predicted octanol–water partition coefficient (Wildman–Crippen LogP) is 11.0. The zero-order valence-electron chi connectivity index (χ0n) is 35.6. The van der Waals surface area contributed by atoms with Gasteiger partial charge in [0.1, 0.15) is 14.3 Å². The Morgan fingerprint density at radius 2 is 0.729 bits per heavy atom. The summed E-state index contributed by atoms with van der Waals surface area (Å²) < 4.78 is 141. The second-order valence-electron chi connectivity index (χ2n) is 15.3. The number of sulfonamides is 2. The monoisotopic (exact) mass is 1170 g/mol. The van der Waals surface area contributed by atoms with Crippen LogP contribution in [0.3, 0.4) is 0 Å². The third kappa shape index (κ3) is 11.3. The molecule has 0 bridgehead atoms. The first kappa shape index (κ1) is 54.6. The van der Waals surface area contributed by atoms with Gasteiger partial charge in [-0.3, -0.25) is 0 Å². The Morgan fingerprint density at radius 3 is 0.986 bits per heavy atom. The Labute approximate surface area is 425 Å². The zero-order valence-corrected chi connectivity index (χ0v) is 43.4. The molecular formula is C48H32AlBr2F6NO8P2S2. The van der Waals surface area contributed by atoms with Crippen LogP contribution < -0.4 is 31.4 Å². The molecule has 22 heteroatoms. The molecule has 8 aromatic rings. The van der Waals surface area contributed by atoms with Gasteiger partial charge in [0, 0.05) is 42.5 Å². The van der Waals surface area contributed by atoms with Crippen molar-refractivity contribution in [1.29, 1.82) is 0 Å². The van der Waals surface area contributed by atoms with E-state index in [1.165, 1.54) is 0 Å². The van der Waals surface area contributed by atoms with Crippen LogP contribution in [-0.2, 0) is 41.5 Å². The molecule has 0 unspecified atom stereocenters. The largest absolute Gasteiger partial charge is 3.00 e. The smallest absolute Gasteiger partial charge is 0.872 e. The minimum atomic E-state index is -6.72. The molecule has 0 spiro atoms. The van der Waals surface area contributed by atoms with Gasteiger partial charge in [0.15, 0.2) is 20.0 Å². The van der Waals surface area contributed by atoms with Gasteiger partial charge in [-0.1, -0.05) is 189 Å². The fourth-order valence-corrected chi connectivity index (χ4v) is 15.4. The van der Waals surface area contributed by atoms with E-state index in [9.17, 15) is 43.2 Å². The molecule has 0 saturated carbocycles. The van der Waals surface area contributed by atoms with Crippen molar-refractivity contribution < 1.29 is 62.5 Å². The van der Waals surface area contributed by atoms with Crippen molar-refractivity contribution >= 4 is 126 Å². The molecule has 0 heterocycles. The molecule has 0 atom stereocenters. The molecule has 358 valence electrons. The zero-order chi connectivity index (χ0) is 50.2. The van der Waals surface area contributed by atoms with Gasteiger partial charge in [0.25, 0.3) is 0 Å². The van der Waals surface area contributed by atoms with Crippen LogP contribution >= 0.6 is 46.1 Å². The summed E-state index contributed by atoms with van der Waals surface area (Å²) in [5.41, 5.74) is -11.2. The summed E-state index contributed by atoms with van der Waals surface area (Å²) >= 11 is 7.22. The maximum atomic E-state index is 15.3. The summed E-state index contributed by atoms with van der Waals surface area (Å²) in [6.07, 6.45) is -0.0756. The van der Waals surface area contributed by atoms with E-state index in [0.29, 0.717) is 43.1 Å². The molecule has 70 heavy (non-hydrogen) atoms. The number of halogens is 8. The molecule has 0 radical (unpaired) electrons. The van der Waals surface area contributed by atoms with Crippen molar-refractivity contribution in [3.63, 3.8) is 0 Å². The maximum Gasteiger partial charge on any atom is 3.00 e. The predicted molar refractivity (Wildman–Crippen MR) is 267 cm³/mol. The van der Waals surface area contributed by atoms with Crippen LogP contribution in [0.25, 0.3) is 36.8 Å². The molecule has 0 aliphatic heterocycles. The first-order valence-electron chi connectivity index (χ1n) is 20.0. The van der Waals surface area contributed by atoms with Gasteiger partial charge in [-0.25, -0.2) is 16.8 Å². The number of alkyl halides is 6. The molecule has 8 rings (SSSR count). The number of nitrogens with zero attached hydrogens (tertiary/aromatic N) is 1. The molecule has 0 aliphatic rings. The standard InChI is InChI=1S/C46H34Br2O4P2.C2F6NO4S2.Al/c47-35-21-23-41-31(27-35)25-33(29-53(51,37-13-5-1-6-14-37)38-15-7-2-8-16-38)45(49)43(41)44-42-24-22-36(48)28-32(42)26-34(46(44)50)30-54(52,39-17-9-3-10-18-39)40-19-11-4-12-20-40;3-1(4,5)14(10,11)9-15(12,13)2(6,7)8;/h1-28,49-50H,29-30H2;;/q;-1;+3/p-2. The van der Waals surface area contributed by atoms with Crippen molar-refractivity contribution in [2.45, 2.75) is 23.3 Å². The number of fused-ring (bicyclic) bond motifs is 2. The molecule has 0 saturated heterocycles. The van der Waals surface area contributed by atoms with E-state index in [2.05, 4.69) is 31.9 Å². The van der Waals surface area contributed by atoms with Crippen LogP contribution in [0.15, 0.2) is 179 Å². The maximum absolute atomic E-state index is 15.3. The van der Waals surface area contributed by atoms with Crippen LogP contribution in [0.1, 0.15) is 11.1 Å². The van der Waals surface area contributed by atoms with Gasteiger partial charge in [-0.05, 0) is 68.1 Å². The van der Waals surface area contributed by atoms with Gasteiger partial charge in [-0.15, -0.1) is 0 Å². The third-order valence-corrected chi connectivity index (χ3v) is 20.6. The van der Waals surface area contributed by atoms with Gasteiger partial charge in [0.2, 0.25) is 0 Å². The quantitative estimate of drug-likeness (QED) is 0.0702. The van der Waals surface area contributed by atoms with Gasteiger partial charge in [-0.2, -0.15) is 26.3 Å². The van der Waals surface area contributed by atoms with E-state index in [4.69, 9.17) is 0 Å². The van der Waals surface area contributed by atoms with Crippen molar-refractivity contribution in [2.24, 2.45) is 0 Å². The van der Waals surface area contributed by atoms with Crippen LogP contribution in [0.2, 0.25) is 0 Å². The van der Waals surface area contributed by atoms with Gasteiger partial charge < -0.3 is 23.5 Å². The molecule has 9 nitrogen and oxygen atoms in total. The Morgan fingerprint density at radius 1 is 0.457 bits per heavy atom. The van der Waals surface area contributed by atoms with E-state index in [0.717, 1.165) is 23.8 Å². The van der Waals surface area contributed by atoms with E-state index in [1.807, 2.05) is 170 Å². The van der Waals surface area contributed by atoms with E-state index in [1.54, 1.807) is 0 Å². The number of benzene rings is 8. The Balaban J connectivity index is 0.000000436. The minimum absolute atomic E-state index is 0. The second kappa shape index (κ2) is 21.2. The summed E-state index contributed by atoms with van der Waals surface area (Å²) in [5.74, 6) is -0.714. The summed E-state index contributed by atoms with van der Waals surface area (Å²) in [7, 11) is -20.2. The first-order valence-corrected chi connectivity index (χ1v) is 28.2.